The van der Waals surface area contributed by atoms with Crippen LogP contribution in [-0.4, -0.2) is 22.9 Å². The molecule has 0 amide bonds. The third-order valence-corrected chi connectivity index (χ3v) is 8.29. The van der Waals surface area contributed by atoms with E-state index in [4.69, 9.17) is 9.31 Å². The molecule has 0 bridgehead atoms. The van der Waals surface area contributed by atoms with Crippen LogP contribution in [-0.2, 0) is 9.31 Å². The van der Waals surface area contributed by atoms with Crippen molar-refractivity contribution in [1.29, 1.82) is 0 Å². The standard InChI is InChI=1S/C35H34BNO2/c1-7-12-28(13-8-2)37-31-21-19-24-14-9-10-17-29(24)33(31)30-20-18-26(23-32(30)37)25-15-11-16-27(22-25)36-38-34(3,4)35(5,6)39-36/h7-23H,1H2,2-6H3/b13-8-,28-12+. The molecule has 0 aliphatic carbocycles. The van der Waals surface area contributed by atoms with Crippen molar-refractivity contribution in [2.45, 2.75) is 45.8 Å². The van der Waals surface area contributed by atoms with Crippen molar-refractivity contribution in [3.05, 3.63) is 110 Å². The number of fused-ring (bicyclic) bond motifs is 5. The highest BCUT2D eigenvalue weighted by atomic mass is 16.7. The van der Waals surface area contributed by atoms with E-state index < -0.39 is 7.12 Å². The van der Waals surface area contributed by atoms with Gasteiger partial charge in [-0.25, -0.2) is 0 Å². The van der Waals surface area contributed by atoms with E-state index in [9.17, 15) is 0 Å². The van der Waals surface area contributed by atoms with Gasteiger partial charge < -0.3 is 13.9 Å². The molecule has 1 saturated heterocycles. The van der Waals surface area contributed by atoms with Gasteiger partial charge in [0.2, 0.25) is 0 Å². The molecule has 0 saturated carbocycles. The van der Waals surface area contributed by atoms with Gasteiger partial charge in [0, 0.05) is 16.5 Å². The van der Waals surface area contributed by atoms with Crippen LogP contribution < -0.4 is 5.46 Å². The molecule has 1 aliphatic heterocycles. The maximum absolute atomic E-state index is 6.35. The number of benzene rings is 4. The second-order valence-corrected chi connectivity index (χ2v) is 11.3. The number of nitrogens with zero attached hydrogens (tertiary/aromatic N) is 1. The molecule has 4 aromatic carbocycles. The molecule has 1 aliphatic rings. The fraction of sp³-hybridized carbons (Fsp3) is 0.200. The van der Waals surface area contributed by atoms with Gasteiger partial charge in [0.25, 0.3) is 0 Å². The molecule has 39 heavy (non-hydrogen) atoms. The highest BCUT2D eigenvalue weighted by Crippen LogP contribution is 2.39. The molecule has 1 fully saturated rings. The first-order valence-corrected chi connectivity index (χ1v) is 13.6. The van der Waals surface area contributed by atoms with Crippen LogP contribution >= 0.6 is 0 Å². The van der Waals surface area contributed by atoms with Crippen LogP contribution in [0.5, 0.6) is 0 Å². The molecule has 0 unspecified atom stereocenters. The Morgan fingerprint density at radius 3 is 2.28 bits per heavy atom. The fourth-order valence-corrected chi connectivity index (χ4v) is 5.59. The van der Waals surface area contributed by atoms with Crippen LogP contribution in [0, 0.1) is 0 Å². The van der Waals surface area contributed by atoms with Crippen molar-refractivity contribution in [2.75, 3.05) is 0 Å². The van der Waals surface area contributed by atoms with Crippen LogP contribution in [0.25, 0.3) is 49.4 Å². The minimum absolute atomic E-state index is 0.378. The lowest BCUT2D eigenvalue weighted by molar-refractivity contribution is 0.00578. The van der Waals surface area contributed by atoms with Crippen molar-refractivity contribution in [3.63, 3.8) is 0 Å². The molecule has 0 N–H and O–H groups in total. The van der Waals surface area contributed by atoms with E-state index in [0.29, 0.717) is 0 Å². The van der Waals surface area contributed by atoms with Gasteiger partial charge in [0.05, 0.1) is 22.2 Å². The number of hydrogen-bond donors (Lipinski definition) is 0. The van der Waals surface area contributed by atoms with Gasteiger partial charge in [-0.2, -0.15) is 0 Å². The molecule has 0 spiro atoms. The Hall–Kier alpha value is -3.86. The molecule has 1 aromatic heterocycles. The molecule has 194 valence electrons. The topological polar surface area (TPSA) is 23.4 Å². The van der Waals surface area contributed by atoms with Crippen molar-refractivity contribution >= 4 is 50.9 Å². The summed E-state index contributed by atoms with van der Waals surface area (Å²) in [6, 6.07) is 28.4. The van der Waals surface area contributed by atoms with E-state index in [1.54, 1.807) is 0 Å². The summed E-state index contributed by atoms with van der Waals surface area (Å²) in [5.41, 5.74) is 5.96. The van der Waals surface area contributed by atoms with Crippen molar-refractivity contribution < 1.29 is 9.31 Å². The van der Waals surface area contributed by atoms with Crippen LogP contribution in [0.2, 0.25) is 0 Å². The van der Waals surface area contributed by atoms with E-state index in [2.05, 4.69) is 136 Å². The maximum atomic E-state index is 6.35. The zero-order valence-corrected chi connectivity index (χ0v) is 23.4. The third kappa shape index (κ3) is 4.16. The summed E-state index contributed by atoms with van der Waals surface area (Å²) in [6.45, 7) is 14.4. The van der Waals surface area contributed by atoms with Gasteiger partial charge in [0.15, 0.2) is 0 Å². The van der Waals surface area contributed by atoms with E-state index in [1.807, 2.05) is 13.0 Å². The number of hydrogen-bond acceptors (Lipinski definition) is 2. The zero-order chi connectivity index (χ0) is 27.4. The Morgan fingerprint density at radius 2 is 1.54 bits per heavy atom. The molecule has 3 nitrogen and oxygen atoms in total. The summed E-state index contributed by atoms with van der Waals surface area (Å²) >= 11 is 0. The van der Waals surface area contributed by atoms with Gasteiger partial charge in [0.1, 0.15) is 0 Å². The minimum Gasteiger partial charge on any atom is -0.399 e. The Labute approximate surface area is 231 Å². The Balaban J connectivity index is 1.56. The smallest absolute Gasteiger partial charge is 0.399 e. The normalized spacial score (nSPS) is 17.2. The second kappa shape index (κ2) is 9.41. The van der Waals surface area contributed by atoms with Crippen molar-refractivity contribution in [3.8, 4) is 11.1 Å². The molecule has 5 aromatic rings. The highest BCUT2D eigenvalue weighted by molar-refractivity contribution is 6.62. The summed E-state index contributed by atoms with van der Waals surface area (Å²) < 4.78 is 15.0. The van der Waals surface area contributed by atoms with E-state index >= 15 is 0 Å². The Kier molecular flexibility index (Phi) is 6.13. The SMILES string of the molecule is C=C/C=C(\C=C/C)n1c2cc(-c3cccc(B4OC(C)(C)C(C)(C)O4)c3)ccc2c2c3ccccc3ccc21. The lowest BCUT2D eigenvalue weighted by Crippen LogP contribution is -2.41. The Bertz CT molecular complexity index is 1790. The van der Waals surface area contributed by atoms with Crippen molar-refractivity contribution in [1.82, 2.24) is 4.57 Å². The predicted molar refractivity (Wildman–Crippen MR) is 167 cm³/mol. The van der Waals surface area contributed by atoms with E-state index in [1.165, 1.54) is 27.1 Å². The summed E-state index contributed by atoms with van der Waals surface area (Å²) in [5, 5.41) is 4.99. The molecular weight excluding hydrogens is 477 g/mol. The first-order valence-electron chi connectivity index (χ1n) is 13.6. The second-order valence-electron chi connectivity index (χ2n) is 11.3. The summed E-state index contributed by atoms with van der Waals surface area (Å²) in [7, 11) is -0.395. The largest absolute Gasteiger partial charge is 0.494 e. The first kappa shape index (κ1) is 25.4. The van der Waals surface area contributed by atoms with Crippen LogP contribution in [0.15, 0.2) is 110 Å². The number of aromatic nitrogens is 1. The van der Waals surface area contributed by atoms with Gasteiger partial charge in [-0.05, 0) is 86.3 Å². The molecule has 2 heterocycles. The molecule has 0 atom stereocenters. The third-order valence-electron chi connectivity index (χ3n) is 8.29. The minimum atomic E-state index is -0.395. The average Bonchev–Trinajstić information content (AvgIpc) is 3.37. The van der Waals surface area contributed by atoms with Gasteiger partial charge >= 0.3 is 7.12 Å². The van der Waals surface area contributed by atoms with E-state index in [0.717, 1.165) is 27.8 Å². The fourth-order valence-electron chi connectivity index (χ4n) is 5.59. The molecule has 6 rings (SSSR count). The first-order chi connectivity index (χ1) is 18.7. The van der Waals surface area contributed by atoms with Crippen LogP contribution in [0.4, 0.5) is 0 Å². The average molecular weight is 511 g/mol. The zero-order valence-electron chi connectivity index (χ0n) is 23.4. The van der Waals surface area contributed by atoms with Gasteiger partial charge in [-0.1, -0.05) is 85.5 Å². The monoisotopic (exact) mass is 511 g/mol. The van der Waals surface area contributed by atoms with Crippen LogP contribution in [0.3, 0.4) is 0 Å². The number of allylic oxidation sites excluding steroid dienone is 5. The highest BCUT2D eigenvalue weighted by Gasteiger charge is 2.51. The molecule has 0 radical (unpaired) electrons. The lowest BCUT2D eigenvalue weighted by atomic mass is 9.78. The quantitative estimate of drug-likeness (QED) is 0.174. The summed E-state index contributed by atoms with van der Waals surface area (Å²) in [4.78, 5) is 0. The number of rotatable bonds is 5. The predicted octanol–water partition coefficient (Wildman–Crippen LogP) is 8.52. The van der Waals surface area contributed by atoms with E-state index in [-0.39, 0.29) is 11.2 Å². The molecular formula is C35H34BNO2. The van der Waals surface area contributed by atoms with Crippen molar-refractivity contribution in [2.24, 2.45) is 0 Å². The van der Waals surface area contributed by atoms with Gasteiger partial charge in [-0.3, -0.25) is 0 Å². The van der Waals surface area contributed by atoms with Crippen LogP contribution in [0.1, 0.15) is 34.6 Å². The Morgan fingerprint density at radius 1 is 0.795 bits per heavy atom. The summed E-state index contributed by atoms with van der Waals surface area (Å²) in [5.74, 6) is 0. The summed E-state index contributed by atoms with van der Waals surface area (Å²) in [6.07, 6.45) is 8.14. The molecule has 4 heteroatoms. The van der Waals surface area contributed by atoms with Gasteiger partial charge in [-0.15, -0.1) is 0 Å². The maximum Gasteiger partial charge on any atom is 0.494 e. The lowest BCUT2D eigenvalue weighted by Gasteiger charge is -2.32.